The van der Waals surface area contributed by atoms with Crippen LogP contribution in [0.4, 0.5) is 0 Å². The standard InChI is InChI=1S/C20H27N3O2/c1-22-18-5-3-2-4-17(18)21-19(22)10-16-13-23(12-14-6-7-14)9-8-15(16)11-20(24)25/h2-5,14-16H,6-13H2,1H3,(H,24,25)/t15-,16-/m0/s1. The maximum absolute atomic E-state index is 11.3. The summed E-state index contributed by atoms with van der Waals surface area (Å²) in [5, 5.41) is 9.31. The van der Waals surface area contributed by atoms with Crippen molar-refractivity contribution in [2.24, 2.45) is 24.8 Å². The van der Waals surface area contributed by atoms with Crippen molar-refractivity contribution in [3.05, 3.63) is 30.1 Å². The van der Waals surface area contributed by atoms with Gasteiger partial charge in [-0.1, -0.05) is 12.1 Å². The van der Waals surface area contributed by atoms with Crippen LogP contribution in [-0.4, -0.2) is 45.2 Å². The highest BCUT2D eigenvalue weighted by molar-refractivity contribution is 5.75. The van der Waals surface area contributed by atoms with Gasteiger partial charge in [0.05, 0.1) is 11.0 Å². The normalized spacial score (nSPS) is 24.7. The lowest BCUT2D eigenvalue weighted by Gasteiger charge is -2.38. The van der Waals surface area contributed by atoms with Crippen LogP contribution >= 0.6 is 0 Å². The summed E-state index contributed by atoms with van der Waals surface area (Å²) in [7, 11) is 2.07. The van der Waals surface area contributed by atoms with Gasteiger partial charge < -0.3 is 14.6 Å². The van der Waals surface area contributed by atoms with Crippen LogP contribution in [0.2, 0.25) is 0 Å². The molecule has 2 aliphatic rings. The minimum atomic E-state index is -0.671. The molecule has 1 aromatic heterocycles. The number of carbonyl (C=O) groups is 1. The molecule has 2 aromatic rings. The molecule has 2 fully saturated rings. The van der Waals surface area contributed by atoms with E-state index in [0.717, 1.165) is 48.7 Å². The smallest absolute Gasteiger partial charge is 0.303 e. The summed E-state index contributed by atoms with van der Waals surface area (Å²) < 4.78 is 2.17. The van der Waals surface area contributed by atoms with E-state index in [9.17, 15) is 9.90 Å². The number of carboxylic acids is 1. The fourth-order valence-corrected chi connectivity index (χ4v) is 4.32. The number of imidazole rings is 1. The van der Waals surface area contributed by atoms with Gasteiger partial charge in [0.15, 0.2) is 0 Å². The molecule has 25 heavy (non-hydrogen) atoms. The van der Waals surface area contributed by atoms with Crippen LogP contribution in [0.1, 0.15) is 31.5 Å². The Morgan fingerprint density at radius 3 is 2.76 bits per heavy atom. The van der Waals surface area contributed by atoms with Crippen LogP contribution in [-0.2, 0) is 18.3 Å². The van der Waals surface area contributed by atoms with Crippen molar-refractivity contribution in [2.75, 3.05) is 19.6 Å². The van der Waals surface area contributed by atoms with Gasteiger partial charge in [0.2, 0.25) is 0 Å². The molecule has 2 atom stereocenters. The number of piperidine rings is 1. The highest BCUT2D eigenvalue weighted by atomic mass is 16.4. The summed E-state index contributed by atoms with van der Waals surface area (Å²) >= 11 is 0. The Balaban J connectivity index is 1.53. The fraction of sp³-hybridized carbons (Fsp3) is 0.600. The second kappa shape index (κ2) is 6.79. The predicted octanol–water partition coefficient (Wildman–Crippen LogP) is 2.94. The Hall–Kier alpha value is -1.88. The van der Waals surface area contributed by atoms with Gasteiger partial charge in [0.25, 0.3) is 0 Å². The van der Waals surface area contributed by atoms with Crippen molar-refractivity contribution in [1.82, 2.24) is 14.5 Å². The van der Waals surface area contributed by atoms with Gasteiger partial charge >= 0.3 is 5.97 Å². The van der Waals surface area contributed by atoms with Gasteiger partial charge in [-0.05, 0) is 55.7 Å². The van der Waals surface area contributed by atoms with E-state index in [1.165, 1.54) is 19.4 Å². The number of para-hydroxylation sites is 2. The highest BCUT2D eigenvalue weighted by Gasteiger charge is 2.34. The average molecular weight is 341 g/mol. The van der Waals surface area contributed by atoms with Gasteiger partial charge in [0.1, 0.15) is 5.82 Å². The second-order valence-corrected chi connectivity index (χ2v) is 7.89. The van der Waals surface area contributed by atoms with E-state index in [4.69, 9.17) is 4.98 Å². The molecular formula is C20H27N3O2. The van der Waals surface area contributed by atoms with Crippen LogP contribution in [0.3, 0.4) is 0 Å². The maximum atomic E-state index is 11.3. The number of hydrogen-bond acceptors (Lipinski definition) is 3. The zero-order chi connectivity index (χ0) is 17.4. The van der Waals surface area contributed by atoms with E-state index in [1.54, 1.807) is 0 Å². The number of hydrogen-bond donors (Lipinski definition) is 1. The maximum Gasteiger partial charge on any atom is 0.303 e. The summed E-state index contributed by atoms with van der Waals surface area (Å²) in [4.78, 5) is 18.7. The summed E-state index contributed by atoms with van der Waals surface area (Å²) in [5.41, 5.74) is 2.18. The van der Waals surface area contributed by atoms with E-state index < -0.39 is 5.97 Å². The van der Waals surface area contributed by atoms with Gasteiger partial charge in [-0.3, -0.25) is 4.79 Å². The fourth-order valence-electron chi connectivity index (χ4n) is 4.32. The molecule has 1 saturated heterocycles. The van der Waals surface area contributed by atoms with E-state index in [-0.39, 0.29) is 12.3 Å². The van der Waals surface area contributed by atoms with Crippen LogP contribution in [0.15, 0.2) is 24.3 Å². The lowest BCUT2D eigenvalue weighted by atomic mass is 9.81. The van der Waals surface area contributed by atoms with E-state index in [2.05, 4.69) is 22.6 Å². The number of carboxylic acid groups (broad SMARTS) is 1. The van der Waals surface area contributed by atoms with Crippen LogP contribution in [0.25, 0.3) is 11.0 Å². The Kier molecular flexibility index (Phi) is 4.50. The molecule has 0 spiro atoms. The molecule has 0 radical (unpaired) electrons. The Bertz CT molecular complexity index is 765. The molecule has 134 valence electrons. The SMILES string of the molecule is Cn1c(C[C@H]2CN(CC3CC3)CC[C@H]2CC(=O)O)nc2ccccc21. The van der Waals surface area contributed by atoms with Gasteiger partial charge in [0, 0.05) is 33.0 Å². The minimum absolute atomic E-state index is 0.257. The first kappa shape index (κ1) is 16.6. The van der Waals surface area contributed by atoms with Crippen LogP contribution in [0.5, 0.6) is 0 Å². The molecule has 0 unspecified atom stereocenters. The number of rotatable bonds is 6. The quantitative estimate of drug-likeness (QED) is 0.878. The molecule has 1 aliphatic heterocycles. The number of aromatic nitrogens is 2. The van der Waals surface area contributed by atoms with Crippen molar-refractivity contribution < 1.29 is 9.90 Å². The molecule has 4 rings (SSSR count). The molecular weight excluding hydrogens is 314 g/mol. The lowest BCUT2D eigenvalue weighted by Crippen LogP contribution is -2.43. The summed E-state index contributed by atoms with van der Waals surface area (Å²) in [6.07, 6.45) is 4.87. The zero-order valence-corrected chi connectivity index (χ0v) is 14.9. The van der Waals surface area contributed by atoms with Crippen molar-refractivity contribution in [3.8, 4) is 0 Å². The molecule has 0 bridgehead atoms. The Labute approximate surface area is 148 Å². The third kappa shape index (κ3) is 3.71. The largest absolute Gasteiger partial charge is 0.481 e. The summed E-state index contributed by atoms with van der Waals surface area (Å²) in [5.74, 6) is 1.92. The number of aliphatic carboxylic acids is 1. The van der Waals surface area contributed by atoms with Crippen LogP contribution < -0.4 is 0 Å². The average Bonchev–Trinajstić information content (AvgIpc) is 3.34. The molecule has 1 N–H and O–H groups in total. The topological polar surface area (TPSA) is 58.4 Å². The van der Waals surface area contributed by atoms with Gasteiger partial charge in [-0.25, -0.2) is 4.98 Å². The molecule has 1 saturated carbocycles. The minimum Gasteiger partial charge on any atom is -0.481 e. The van der Waals surface area contributed by atoms with Crippen molar-refractivity contribution in [2.45, 2.75) is 32.1 Å². The molecule has 5 heteroatoms. The molecule has 5 nitrogen and oxygen atoms in total. The van der Waals surface area contributed by atoms with Crippen molar-refractivity contribution >= 4 is 17.0 Å². The number of fused-ring (bicyclic) bond motifs is 1. The zero-order valence-electron chi connectivity index (χ0n) is 14.9. The first-order valence-corrected chi connectivity index (χ1v) is 9.44. The lowest BCUT2D eigenvalue weighted by molar-refractivity contribution is -0.139. The Morgan fingerprint density at radius 2 is 2.04 bits per heavy atom. The van der Waals surface area contributed by atoms with Gasteiger partial charge in [-0.15, -0.1) is 0 Å². The summed E-state index contributed by atoms with van der Waals surface area (Å²) in [6, 6.07) is 8.21. The van der Waals surface area contributed by atoms with Crippen molar-refractivity contribution in [1.29, 1.82) is 0 Å². The third-order valence-corrected chi connectivity index (χ3v) is 5.95. The molecule has 1 aliphatic carbocycles. The first-order chi connectivity index (χ1) is 12.1. The van der Waals surface area contributed by atoms with E-state index in [1.807, 2.05) is 18.2 Å². The second-order valence-electron chi connectivity index (χ2n) is 7.89. The highest BCUT2D eigenvalue weighted by Crippen LogP contribution is 2.34. The van der Waals surface area contributed by atoms with Crippen LogP contribution in [0, 0.1) is 17.8 Å². The molecule has 0 amide bonds. The van der Waals surface area contributed by atoms with Crippen molar-refractivity contribution in [3.63, 3.8) is 0 Å². The molecule has 1 aromatic carbocycles. The number of aryl methyl sites for hydroxylation is 1. The number of likely N-dealkylation sites (tertiary alicyclic amines) is 1. The van der Waals surface area contributed by atoms with Gasteiger partial charge in [-0.2, -0.15) is 0 Å². The monoisotopic (exact) mass is 341 g/mol. The first-order valence-electron chi connectivity index (χ1n) is 9.44. The number of benzene rings is 1. The number of nitrogens with zero attached hydrogens (tertiary/aromatic N) is 3. The molecule has 2 heterocycles. The van der Waals surface area contributed by atoms with E-state index in [0.29, 0.717) is 5.92 Å². The van der Waals surface area contributed by atoms with E-state index >= 15 is 0 Å². The summed E-state index contributed by atoms with van der Waals surface area (Å²) in [6.45, 7) is 3.25. The predicted molar refractivity (Wildman–Crippen MR) is 97.4 cm³/mol. The third-order valence-electron chi connectivity index (χ3n) is 5.95. The Morgan fingerprint density at radius 1 is 1.24 bits per heavy atom.